The number of aryl methyl sites for hydroxylation is 2. The van der Waals surface area contributed by atoms with Crippen molar-refractivity contribution >= 4 is 22.8 Å². The summed E-state index contributed by atoms with van der Waals surface area (Å²) < 4.78 is 0. The molecular formula is C28H25NO. The smallest absolute Gasteiger partial charge is 0.159 e. The van der Waals surface area contributed by atoms with Crippen molar-refractivity contribution < 1.29 is 4.79 Å². The summed E-state index contributed by atoms with van der Waals surface area (Å²) in [5.41, 5.74) is 8.81. The SMILES string of the molecule is CC(=O)c1ccc(-c2ccc(N(c3ccc(C)cc3)c3ccc(C)cc3)cc2)cc1. The number of anilines is 3. The van der Waals surface area contributed by atoms with Crippen LogP contribution in [-0.4, -0.2) is 5.78 Å². The molecule has 0 heterocycles. The van der Waals surface area contributed by atoms with Gasteiger partial charge in [0.2, 0.25) is 0 Å². The van der Waals surface area contributed by atoms with Crippen LogP contribution in [0.4, 0.5) is 17.1 Å². The van der Waals surface area contributed by atoms with Crippen LogP contribution in [0.25, 0.3) is 11.1 Å². The number of hydrogen-bond acceptors (Lipinski definition) is 2. The van der Waals surface area contributed by atoms with Crippen LogP contribution >= 0.6 is 0 Å². The van der Waals surface area contributed by atoms with E-state index in [1.807, 2.05) is 24.3 Å². The van der Waals surface area contributed by atoms with Gasteiger partial charge in [-0.05, 0) is 68.3 Å². The summed E-state index contributed by atoms with van der Waals surface area (Å²) in [6, 6.07) is 33.5. The highest BCUT2D eigenvalue weighted by molar-refractivity contribution is 5.94. The quantitative estimate of drug-likeness (QED) is 0.326. The number of hydrogen-bond donors (Lipinski definition) is 0. The molecule has 2 heteroatoms. The molecule has 4 aromatic carbocycles. The molecule has 0 aliphatic rings. The average molecular weight is 392 g/mol. The van der Waals surface area contributed by atoms with E-state index in [1.165, 1.54) is 11.1 Å². The Labute approximate surface area is 178 Å². The third kappa shape index (κ3) is 4.18. The topological polar surface area (TPSA) is 20.3 Å². The minimum absolute atomic E-state index is 0.0868. The molecule has 0 spiro atoms. The van der Waals surface area contributed by atoms with Crippen LogP contribution in [0.3, 0.4) is 0 Å². The molecular weight excluding hydrogens is 366 g/mol. The van der Waals surface area contributed by atoms with Crippen molar-refractivity contribution in [2.45, 2.75) is 20.8 Å². The average Bonchev–Trinajstić information content (AvgIpc) is 2.77. The molecule has 0 N–H and O–H groups in total. The highest BCUT2D eigenvalue weighted by Crippen LogP contribution is 2.35. The molecule has 0 aromatic heterocycles. The van der Waals surface area contributed by atoms with Gasteiger partial charge in [0.1, 0.15) is 0 Å². The van der Waals surface area contributed by atoms with Gasteiger partial charge in [0.15, 0.2) is 5.78 Å². The third-order valence-corrected chi connectivity index (χ3v) is 5.33. The van der Waals surface area contributed by atoms with Crippen molar-refractivity contribution in [3.8, 4) is 11.1 Å². The van der Waals surface area contributed by atoms with Crippen LogP contribution in [-0.2, 0) is 0 Å². The first kappa shape index (κ1) is 19.7. The summed E-state index contributed by atoms with van der Waals surface area (Å²) in [7, 11) is 0. The van der Waals surface area contributed by atoms with Gasteiger partial charge in [0.25, 0.3) is 0 Å². The maximum Gasteiger partial charge on any atom is 0.159 e. The Kier molecular flexibility index (Phi) is 5.49. The van der Waals surface area contributed by atoms with Gasteiger partial charge in [-0.2, -0.15) is 0 Å². The molecule has 0 saturated carbocycles. The Morgan fingerprint density at radius 2 is 0.867 bits per heavy atom. The Morgan fingerprint density at radius 1 is 0.533 bits per heavy atom. The van der Waals surface area contributed by atoms with E-state index in [1.54, 1.807) is 6.92 Å². The summed E-state index contributed by atoms with van der Waals surface area (Å²) in [5, 5.41) is 0. The molecule has 0 saturated heterocycles. The summed E-state index contributed by atoms with van der Waals surface area (Å²) in [6.45, 7) is 5.80. The van der Waals surface area contributed by atoms with E-state index in [4.69, 9.17) is 0 Å². The van der Waals surface area contributed by atoms with E-state index in [9.17, 15) is 4.79 Å². The fourth-order valence-corrected chi connectivity index (χ4v) is 3.54. The van der Waals surface area contributed by atoms with Crippen molar-refractivity contribution in [2.24, 2.45) is 0 Å². The molecule has 0 radical (unpaired) electrons. The van der Waals surface area contributed by atoms with Gasteiger partial charge in [0, 0.05) is 22.6 Å². The molecule has 0 unspecified atom stereocenters. The minimum Gasteiger partial charge on any atom is -0.311 e. The van der Waals surface area contributed by atoms with E-state index in [-0.39, 0.29) is 5.78 Å². The molecule has 0 amide bonds. The molecule has 0 fully saturated rings. The predicted molar refractivity (Wildman–Crippen MR) is 126 cm³/mol. The lowest BCUT2D eigenvalue weighted by molar-refractivity contribution is 0.101. The van der Waals surface area contributed by atoms with Crippen molar-refractivity contribution in [3.63, 3.8) is 0 Å². The molecule has 4 aromatic rings. The molecule has 0 aliphatic heterocycles. The van der Waals surface area contributed by atoms with Gasteiger partial charge >= 0.3 is 0 Å². The molecule has 0 aliphatic carbocycles. The van der Waals surface area contributed by atoms with Crippen LogP contribution in [0.5, 0.6) is 0 Å². The molecule has 30 heavy (non-hydrogen) atoms. The third-order valence-electron chi connectivity index (χ3n) is 5.33. The normalized spacial score (nSPS) is 10.6. The number of carbonyl (C=O) groups is 1. The van der Waals surface area contributed by atoms with Crippen molar-refractivity contribution in [1.29, 1.82) is 0 Å². The van der Waals surface area contributed by atoms with Crippen molar-refractivity contribution in [3.05, 3.63) is 114 Å². The lowest BCUT2D eigenvalue weighted by Crippen LogP contribution is -2.09. The minimum atomic E-state index is 0.0868. The van der Waals surface area contributed by atoms with E-state index < -0.39 is 0 Å². The number of rotatable bonds is 5. The van der Waals surface area contributed by atoms with Crippen LogP contribution in [0, 0.1) is 13.8 Å². The Hall–Kier alpha value is -3.65. The monoisotopic (exact) mass is 391 g/mol. The fraction of sp³-hybridized carbons (Fsp3) is 0.107. The Balaban J connectivity index is 1.71. The second-order valence-electron chi connectivity index (χ2n) is 7.69. The lowest BCUT2D eigenvalue weighted by Gasteiger charge is -2.26. The summed E-state index contributed by atoms with van der Waals surface area (Å²) in [5.74, 6) is 0.0868. The second kappa shape index (κ2) is 8.38. The van der Waals surface area contributed by atoms with Crippen LogP contribution < -0.4 is 4.90 Å². The first-order valence-corrected chi connectivity index (χ1v) is 10.2. The maximum atomic E-state index is 11.5. The van der Waals surface area contributed by atoms with Gasteiger partial charge in [-0.1, -0.05) is 71.8 Å². The van der Waals surface area contributed by atoms with Gasteiger partial charge in [-0.25, -0.2) is 0 Å². The van der Waals surface area contributed by atoms with E-state index in [0.717, 1.165) is 33.8 Å². The predicted octanol–water partition coefficient (Wildman–Crippen LogP) is 7.64. The molecule has 2 nitrogen and oxygen atoms in total. The number of ketones is 1. The van der Waals surface area contributed by atoms with Gasteiger partial charge < -0.3 is 4.90 Å². The molecule has 4 rings (SSSR count). The van der Waals surface area contributed by atoms with Crippen LogP contribution in [0.15, 0.2) is 97.1 Å². The fourth-order valence-electron chi connectivity index (χ4n) is 3.54. The van der Waals surface area contributed by atoms with Crippen molar-refractivity contribution in [1.82, 2.24) is 0 Å². The lowest BCUT2D eigenvalue weighted by atomic mass is 10.0. The highest BCUT2D eigenvalue weighted by Gasteiger charge is 2.12. The number of carbonyl (C=O) groups excluding carboxylic acids is 1. The number of benzene rings is 4. The number of Topliss-reactive ketones (excluding diaryl/α,β-unsaturated/α-hetero) is 1. The van der Waals surface area contributed by atoms with Gasteiger partial charge in [-0.15, -0.1) is 0 Å². The second-order valence-corrected chi connectivity index (χ2v) is 7.69. The Bertz CT molecular complexity index is 1090. The van der Waals surface area contributed by atoms with Crippen molar-refractivity contribution in [2.75, 3.05) is 4.90 Å². The van der Waals surface area contributed by atoms with Gasteiger partial charge in [0.05, 0.1) is 0 Å². The maximum absolute atomic E-state index is 11.5. The Morgan fingerprint density at radius 3 is 1.23 bits per heavy atom. The zero-order valence-corrected chi connectivity index (χ0v) is 17.6. The summed E-state index contributed by atoms with van der Waals surface area (Å²) in [4.78, 5) is 13.8. The van der Waals surface area contributed by atoms with Crippen LogP contribution in [0.1, 0.15) is 28.4 Å². The molecule has 0 atom stereocenters. The van der Waals surface area contributed by atoms with E-state index in [0.29, 0.717) is 0 Å². The van der Waals surface area contributed by atoms with E-state index in [2.05, 4.69) is 91.5 Å². The molecule has 0 bridgehead atoms. The number of nitrogens with zero attached hydrogens (tertiary/aromatic N) is 1. The van der Waals surface area contributed by atoms with Gasteiger partial charge in [-0.3, -0.25) is 4.79 Å². The summed E-state index contributed by atoms with van der Waals surface area (Å²) >= 11 is 0. The first-order valence-electron chi connectivity index (χ1n) is 10.2. The largest absolute Gasteiger partial charge is 0.311 e. The summed E-state index contributed by atoms with van der Waals surface area (Å²) in [6.07, 6.45) is 0. The van der Waals surface area contributed by atoms with Crippen LogP contribution in [0.2, 0.25) is 0 Å². The zero-order chi connectivity index (χ0) is 21.1. The zero-order valence-electron chi connectivity index (χ0n) is 17.6. The highest BCUT2D eigenvalue weighted by atomic mass is 16.1. The first-order chi connectivity index (χ1) is 14.5. The standard InChI is InChI=1S/C28H25NO/c1-20-4-14-26(15-5-20)29(27-16-6-21(2)7-17-27)28-18-12-25(13-19-28)24-10-8-23(9-11-24)22(3)30/h4-19H,1-3H3. The van der Waals surface area contributed by atoms with E-state index >= 15 is 0 Å². The molecule has 148 valence electrons.